The number of ketones is 1. The van der Waals surface area contributed by atoms with E-state index < -0.39 is 5.97 Å². The first-order valence-corrected chi connectivity index (χ1v) is 6.05. The minimum absolute atomic E-state index is 0.00157. The van der Waals surface area contributed by atoms with Gasteiger partial charge in [-0.1, -0.05) is 13.0 Å². The van der Waals surface area contributed by atoms with Crippen molar-refractivity contribution in [3.05, 3.63) is 29.1 Å². The van der Waals surface area contributed by atoms with Gasteiger partial charge in [0.25, 0.3) is 0 Å². The van der Waals surface area contributed by atoms with E-state index in [4.69, 9.17) is 4.74 Å². The lowest BCUT2D eigenvalue weighted by atomic mass is 9.87. The van der Waals surface area contributed by atoms with Crippen LogP contribution in [0.25, 0.3) is 0 Å². The first kappa shape index (κ1) is 12.5. The van der Waals surface area contributed by atoms with Crippen LogP contribution in [-0.4, -0.2) is 28.1 Å². The standard InChI is InChI=1S/C13H16N2O3/c1-4-8-6-9(13(17)18-5-2)12(16)10-7-15(3)14-11(8)10/h6-8H,4-5H2,1-3H3. The van der Waals surface area contributed by atoms with Gasteiger partial charge in [0, 0.05) is 19.2 Å². The summed E-state index contributed by atoms with van der Waals surface area (Å²) in [7, 11) is 1.77. The molecule has 0 bridgehead atoms. The smallest absolute Gasteiger partial charge is 0.341 e. The van der Waals surface area contributed by atoms with Gasteiger partial charge in [-0.05, 0) is 13.3 Å². The van der Waals surface area contributed by atoms with Crippen LogP contribution in [0.1, 0.15) is 42.2 Å². The number of ether oxygens (including phenoxy) is 1. The third-order valence-electron chi connectivity index (χ3n) is 3.00. The maximum atomic E-state index is 12.2. The van der Waals surface area contributed by atoms with E-state index in [1.165, 1.54) is 0 Å². The van der Waals surface area contributed by atoms with Crippen LogP contribution in [0.5, 0.6) is 0 Å². The molecule has 0 saturated heterocycles. The lowest BCUT2D eigenvalue weighted by Crippen LogP contribution is -2.22. The molecule has 5 nitrogen and oxygen atoms in total. The number of hydrogen-bond donors (Lipinski definition) is 0. The molecule has 1 atom stereocenters. The second-order valence-electron chi connectivity index (χ2n) is 4.25. The fraction of sp³-hybridized carbons (Fsp3) is 0.462. The summed E-state index contributed by atoms with van der Waals surface area (Å²) in [6.07, 6.45) is 4.13. The van der Waals surface area contributed by atoms with E-state index in [1.807, 2.05) is 6.92 Å². The number of aromatic nitrogens is 2. The molecule has 0 amide bonds. The second kappa shape index (κ2) is 4.76. The van der Waals surface area contributed by atoms with E-state index in [-0.39, 0.29) is 23.9 Å². The van der Waals surface area contributed by atoms with Crippen molar-refractivity contribution in [2.45, 2.75) is 26.2 Å². The molecule has 0 spiro atoms. The van der Waals surface area contributed by atoms with Gasteiger partial charge < -0.3 is 4.74 Å². The number of hydrogen-bond acceptors (Lipinski definition) is 4. The Hall–Kier alpha value is -1.91. The number of rotatable bonds is 3. The molecular formula is C13H16N2O3. The van der Waals surface area contributed by atoms with Crippen molar-refractivity contribution in [2.24, 2.45) is 7.05 Å². The Morgan fingerprint density at radius 3 is 2.83 bits per heavy atom. The SMILES string of the molecule is CCOC(=O)C1=CC(CC)c2nn(C)cc2C1=O. The molecule has 1 aromatic heterocycles. The number of Topliss-reactive ketones (excluding diaryl/α,β-unsaturated/α-hetero) is 1. The predicted octanol–water partition coefficient (Wildman–Crippen LogP) is 1.60. The van der Waals surface area contributed by atoms with E-state index in [9.17, 15) is 9.59 Å². The van der Waals surface area contributed by atoms with Crippen LogP contribution in [0.4, 0.5) is 0 Å². The molecular weight excluding hydrogens is 232 g/mol. The van der Waals surface area contributed by atoms with Crippen LogP contribution in [0.15, 0.2) is 17.8 Å². The largest absolute Gasteiger partial charge is 0.462 e. The maximum absolute atomic E-state index is 12.2. The third-order valence-corrected chi connectivity index (χ3v) is 3.00. The lowest BCUT2D eigenvalue weighted by molar-refractivity contribution is -0.138. The quantitative estimate of drug-likeness (QED) is 0.602. The minimum Gasteiger partial charge on any atom is -0.462 e. The summed E-state index contributed by atoms with van der Waals surface area (Å²) >= 11 is 0. The number of nitrogens with zero attached hydrogens (tertiary/aromatic N) is 2. The van der Waals surface area contributed by atoms with Crippen LogP contribution >= 0.6 is 0 Å². The van der Waals surface area contributed by atoms with Gasteiger partial charge in [-0.15, -0.1) is 0 Å². The van der Waals surface area contributed by atoms with E-state index in [2.05, 4.69) is 5.10 Å². The molecule has 0 aromatic carbocycles. The molecule has 1 unspecified atom stereocenters. The van der Waals surface area contributed by atoms with E-state index in [0.29, 0.717) is 5.56 Å². The lowest BCUT2D eigenvalue weighted by Gasteiger charge is -2.17. The van der Waals surface area contributed by atoms with Gasteiger partial charge in [-0.25, -0.2) is 4.79 Å². The molecule has 0 fully saturated rings. The first-order valence-electron chi connectivity index (χ1n) is 6.05. The Kier molecular flexibility index (Phi) is 3.32. The molecule has 96 valence electrons. The highest BCUT2D eigenvalue weighted by atomic mass is 16.5. The fourth-order valence-electron chi connectivity index (χ4n) is 2.14. The summed E-state index contributed by atoms with van der Waals surface area (Å²) in [5.74, 6) is -0.838. The zero-order valence-corrected chi connectivity index (χ0v) is 10.8. The molecule has 1 aliphatic rings. The Morgan fingerprint density at radius 2 is 2.22 bits per heavy atom. The van der Waals surface area contributed by atoms with Crippen LogP contribution in [-0.2, 0) is 16.6 Å². The van der Waals surface area contributed by atoms with Gasteiger partial charge in [-0.3, -0.25) is 9.48 Å². The summed E-state index contributed by atoms with van der Waals surface area (Å²) in [4.78, 5) is 23.9. The number of fused-ring (bicyclic) bond motifs is 1. The normalized spacial score (nSPS) is 18.3. The average Bonchev–Trinajstić information content (AvgIpc) is 2.72. The molecule has 1 heterocycles. The molecule has 1 aromatic rings. The van der Waals surface area contributed by atoms with Crippen LogP contribution in [0.3, 0.4) is 0 Å². The summed E-state index contributed by atoms with van der Waals surface area (Å²) in [5.41, 5.74) is 1.39. The summed E-state index contributed by atoms with van der Waals surface area (Å²) in [6.45, 7) is 3.98. The minimum atomic E-state index is -0.546. The van der Waals surface area contributed by atoms with Crippen molar-refractivity contribution in [3.8, 4) is 0 Å². The monoisotopic (exact) mass is 248 g/mol. The highest BCUT2D eigenvalue weighted by molar-refractivity contribution is 6.25. The molecule has 0 aliphatic heterocycles. The topological polar surface area (TPSA) is 61.2 Å². The molecule has 18 heavy (non-hydrogen) atoms. The van der Waals surface area contributed by atoms with Gasteiger partial charge in [0.05, 0.1) is 17.9 Å². The zero-order chi connectivity index (χ0) is 13.3. The van der Waals surface area contributed by atoms with Crippen molar-refractivity contribution in [3.63, 3.8) is 0 Å². The molecule has 1 aliphatic carbocycles. The van der Waals surface area contributed by atoms with E-state index >= 15 is 0 Å². The second-order valence-corrected chi connectivity index (χ2v) is 4.25. The van der Waals surface area contributed by atoms with Crippen LogP contribution in [0.2, 0.25) is 0 Å². The molecule has 0 saturated carbocycles. The van der Waals surface area contributed by atoms with Gasteiger partial charge in [0.15, 0.2) is 0 Å². The molecule has 0 N–H and O–H groups in total. The van der Waals surface area contributed by atoms with Crippen LogP contribution < -0.4 is 0 Å². The Morgan fingerprint density at radius 1 is 1.50 bits per heavy atom. The zero-order valence-electron chi connectivity index (χ0n) is 10.8. The Labute approximate surface area is 105 Å². The van der Waals surface area contributed by atoms with Gasteiger partial charge >= 0.3 is 5.97 Å². The highest BCUT2D eigenvalue weighted by Crippen LogP contribution is 2.31. The van der Waals surface area contributed by atoms with Crippen molar-refractivity contribution >= 4 is 11.8 Å². The van der Waals surface area contributed by atoms with Gasteiger partial charge in [0.1, 0.15) is 5.57 Å². The Balaban J connectivity index is 2.43. The average molecular weight is 248 g/mol. The van der Waals surface area contributed by atoms with Gasteiger partial charge in [0.2, 0.25) is 5.78 Å². The Bertz CT molecular complexity index is 528. The van der Waals surface area contributed by atoms with Crippen LogP contribution in [0, 0.1) is 0 Å². The number of carbonyl (C=O) groups is 2. The predicted molar refractivity (Wildman–Crippen MR) is 65.3 cm³/mol. The number of allylic oxidation sites excluding steroid dienone is 1. The fourth-order valence-corrected chi connectivity index (χ4v) is 2.14. The van der Waals surface area contributed by atoms with Crippen molar-refractivity contribution in [1.29, 1.82) is 0 Å². The summed E-state index contributed by atoms with van der Waals surface area (Å²) in [5, 5.41) is 4.29. The maximum Gasteiger partial charge on any atom is 0.341 e. The molecule has 5 heteroatoms. The highest BCUT2D eigenvalue weighted by Gasteiger charge is 2.32. The molecule has 0 radical (unpaired) electrons. The summed E-state index contributed by atoms with van der Waals surface area (Å²) in [6, 6.07) is 0. The van der Waals surface area contributed by atoms with Gasteiger partial charge in [-0.2, -0.15) is 5.10 Å². The molecule has 2 rings (SSSR count). The third kappa shape index (κ3) is 1.96. The van der Waals surface area contributed by atoms with Crippen molar-refractivity contribution in [2.75, 3.05) is 6.61 Å². The summed E-state index contributed by atoms with van der Waals surface area (Å²) < 4.78 is 6.52. The van der Waals surface area contributed by atoms with E-state index in [0.717, 1.165) is 12.1 Å². The van der Waals surface area contributed by atoms with E-state index in [1.54, 1.807) is 30.9 Å². The number of esters is 1. The van der Waals surface area contributed by atoms with Crippen molar-refractivity contribution in [1.82, 2.24) is 9.78 Å². The van der Waals surface area contributed by atoms with Crippen molar-refractivity contribution < 1.29 is 14.3 Å². The first-order chi connectivity index (χ1) is 8.58. The number of carbonyl (C=O) groups excluding carboxylic acids is 2. The number of aryl methyl sites for hydroxylation is 1.